The Labute approximate surface area is 149 Å². The first kappa shape index (κ1) is 20.3. The maximum atomic E-state index is 11.5. The third-order valence-corrected chi connectivity index (χ3v) is 4.03. The molecule has 1 aliphatic rings. The predicted molar refractivity (Wildman–Crippen MR) is 86.8 cm³/mol. The van der Waals surface area contributed by atoms with E-state index < -0.39 is 42.6 Å². The largest absolute Gasteiger partial charge is 0.390 e. The van der Waals surface area contributed by atoms with Gasteiger partial charge in [-0.05, 0) is 17.7 Å². The summed E-state index contributed by atoms with van der Waals surface area (Å²) in [5, 5.41) is 40.0. The van der Waals surface area contributed by atoms with E-state index >= 15 is 0 Å². The van der Waals surface area contributed by atoms with E-state index in [9.17, 15) is 25.2 Å². The van der Waals surface area contributed by atoms with Crippen LogP contribution in [0, 0.1) is 12.3 Å². The van der Waals surface area contributed by atoms with Gasteiger partial charge in [0, 0.05) is 12.0 Å². The van der Waals surface area contributed by atoms with Gasteiger partial charge in [0.15, 0.2) is 0 Å². The van der Waals surface area contributed by atoms with Gasteiger partial charge in [0.2, 0.25) is 0 Å². The van der Waals surface area contributed by atoms with Crippen LogP contribution in [0.1, 0.15) is 17.5 Å². The molecule has 0 bridgehead atoms. The van der Waals surface area contributed by atoms with Gasteiger partial charge in [0.05, 0.1) is 19.3 Å². The molecule has 2 rings (SSSR count). The van der Waals surface area contributed by atoms with Crippen molar-refractivity contribution in [3.63, 3.8) is 0 Å². The lowest BCUT2D eigenvalue weighted by molar-refractivity contribution is -0.311. The zero-order chi connectivity index (χ0) is 19.3. The number of aliphatic hydroxyl groups excluding tert-OH is 3. The van der Waals surface area contributed by atoms with Gasteiger partial charge in [-0.15, -0.1) is 6.42 Å². The molecule has 9 nitrogen and oxygen atoms in total. The highest BCUT2D eigenvalue weighted by Crippen LogP contribution is 2.30. The van der Waals surface area contributed by atoms with Crippen molar-refractivity contribution in [2.24, 2.45) is 5.90 Å². The van der Waals surface area contributed by atoms with E-state index in [0.717, 1.165) is 5.56 Å². The minimum Gasteiger partial charge on any atom is -0.390 e. The Morgan fingerprint density at radius 2 is 2.08 bits per heavy atom. The monoisotopic (exact) mass is 367 g/mol. The van der Waals surface area contributed by atoms with Crippen LogP contribution in [-0.2, 0) is 25.7 Å². The van der Waals surface area contributed by atoms with Crippen molar-refractivity contribution in [1.82, 2.24) is 0 Å². The van der Waals surface area contributed by atoms with Crippen molar-refractivity contribution >= 4 is 5.97 Å². The fourth-order valence-electron chi connectivity index (χ4n) is 2.59. The maximum absolute atomic E-state index is 11.5. The van der Waals surface area contributed by atoms with Crippen LogP contribution in [0.4, 0.5) is 0 Å². The zero-order valence-corrected chi connectivity index (χ0v) is 13.8. The third-order valence-electron chi connectivity index (χ3n) is 4.03. The van der Waals surface area contributed by atoms with E-state index in [0.29, 0.717) is 5.56 Å². The third kappa shape index (κ3) is 4.57. The highest BCUT2D eigenvalue weighted by molar-refractivity contribution is 5.77. The van der Waals surface area contributed by atoms with Crippen LogP contribution in [0.2, 0.25) is 0 Å². The molecule has 0 saturated carbocycles. The molecule has 1 saturated heterocycles. The molecule has 1 unspecified atom stereocenters. The number of rotatable bonds is 6. The summed E-state index contributed by atoms with van der Waals surface area (Å²) in [5.41, 5.74) is 1.51. The number of hydrogen-bond donors (Lipinski definition) is 5. The van der Waals surface area contributed by atoms with E-state index in [2.05, 4.69) is 10.8 Å². The Morgan fingerprint density at radius 3 is 2.65 bits per heavy atom. The molecule has 0 aliphatic carbocycles. The molecule has 26 heavy (non-hydrogen) atoms. The molecule has 1 fully saturated rings. The summed E-state index contributed by atoms with van der Waals surface area (Å²) in [6.45, 7) is -0.151. The van der Waals surface area contributed by atoms with Crippen LogP contribution in [0.3, 0.4) is 0 Å². The van der Waals surface area contributed by atoms with Crippen LogP contribution in [-0.4, -0.2) is 63.2 Å². The summed E-state index contributed by atoms with van der Waals surface area (Å²) >= 11 is 0. The summed E-state index contributed by atoms with van der Waals surface area (Å²) in [6.07, 6.45) is -1.41. The second kappa shape index (κ2) is 8.57. The van der Waals surface area contributed by atoms with Crippen LogP contribution < -0.4 is 5.90 Å². The Kier molecular flexibility index (Phi) is 6.69. The van der Waals surface area contributed by atoms with E-state index in [4.69, 9.17) is 21.8 Å². The number of hydrogen-bond acceptors (Lipinski definition) is 9. The molecule has 0 spiro atoms. The van der Waals surface area contributed by atoms with Crippen molar-refractivity contribution in [3.05, 3.63) is 35.4 Å². The second-order valence-electron chi connectivity index (χ2n) is 5.96. The summed E-state index contributed by atoms with van der Waals surface area (Å²) in [5.74, 6) is 3.27. The van der Waals surface area contributed by atoms with Crippen LogP contribution in [0.15, 0.2) is 24.3 Å². The molecular weight excluding hydrogens is 346 g/mol. The highest BCUT2D eigenvalue weighted by atomic mass is 16.7. The number of carbonyl (C=O) groups is 1. The minimum absolute atomic E-state index is 0.141. The highest BCUT2D eigenvalue weighted by Gasteiger charge is 2.53. The standard InChI is InChI=1S/C17H21NO8/c1-2-10-3-5-11(6-4-10)8-24-9-13(20)15-14(21)12(19)7-17(23,25-15)16(22)26-18/h1,3-6,12-15,19-21,23H,7-9,18H2/t12-,13-,14-,15?,17-/m1/s1. The van der Waals surface area contributed by atoms with Gasteiger partial charge in [-0.1, -0.05) is 18.1 Å². The SMILES string of the molecule is C#Cc1ccc(COC[C@@H](O)C2O[C@@](O)(C(=O)ON)C[C@@H](O)[C@H]2O)cc1. The molecule has 9 heteroatoms. The maximum Gasteiger partial charge on any atom is 0.385 e. The Hall–Kier alpha value is -2.03. The lowest BCUT2D eigenvalue weighted by atomic mass is 9.93. The number of nitrogens with two attached hydrogens (primary N) is 1. The van der Waals surface area contributed by atoms with Gasteiger partial charge in [-0.2, -0.15) is 5.90 Å². The molecule has 6 N–H and O–H groups in total. The average molecular weight is 367 g/mol. The predicted octanol–water partition coefficient (Wildman–Crippen LogP) is -1.84. The van der Waals surface area contributed by atoms with Crippen molar-refractivity contribution in [2.75, 3.05) is 6.61 Å². The van der Waals surface area contributed by atoms with Crippen LogP contribution in [0.5, 0.6) is 0 Å². The van der Waals surface area contributed by atoms with Gasteiger partial charge in [0.25, 0.3) is 5.79 Å². The molecule has 0 aromatic heterocycles. The second-order valence-corrected chi connectivity index (χ2v) is 5.96. The Bertz CT molecular complexity index is 658. The van der Waals surface area contributed by atoms with Crippen molar-refractivity contribution in [1.29, 1.82) is 0 Å². The lowest BCUT2D eigenvalue weighted by Gasteiger charge is -2.41. The van der Waals surface area contributed by atoms with E-state index in [1.165, 1.54) is 0 Å². The van der Waals surface area contributed by atoms with E-state index in [1.807, 2.05) is 0 Å². The van der Waals surface area contributed by atoms with Crippen molar-refractivity contribution in [3.8, 4) is 12.3 Å². The molecule has 5 atom stereocenters. The quantitative estimate of drug-likeness (QED) is 0.288. The summed E-state index contributed by atoms with van der Waals surface area (Å²) in [6, 6.07) is 6.98. The van der Waals surface area contributed by atoms with Crippen LogP contribution >= 0.6 is 0 Å². The van der Waals surface area contributed by atoms with Gasteiger partial charge in [0.1, 0.15) is 18.3 Å². The van der Waals surface area contributed by atoms with Gasteiger partial charge >= 0.3 is 5.97 Å². The summed E-state index contributed by atoms with van der Waals surface area (Å²) < 4.78 is 10.4. The molecule has 1 aromatic rings. The van der Waals surface area contributed by atoms with Gasteiger partial charge < -0.3 is 34.7 Å². The van der Waals surface area contributed by atoms with E-state index in [1.54, 1.807) is 24.3 Å². The molecule has 1 heterocycles. The zero-order valence-electron chi connectivity index (χ0n) is 13.8. The fourth-order valence-corrected chi connectivity index (χ4v) is 2.59. The first-order valence-corrected chi connectivity index (χ1v) is 7.79. The Morgan fingerprint density at radius 1 is 1.42 bits per heavy atom. The van der Waals surface area contributed by atoms with E-state index in [-0.39, 0.29) is 13.2 Å². The van der Waals surface area contributed by atoms with Crippen molar-refractivity contribution < 1.29 is 39.5 Å². The molecular formula is C17H21NO8. The van der Waals surface area contributed by atoms with Gasteiger partial charge in [-0.3, -0.25) is 0 Å². The number of benzene rings is 1. The topological polar surface area (TPSA) is 152 Å². The summed E-state index contributed by atoms with van der Waals surface area (Å²) in [7, 11) is 0. The van der Waals surface area contributed by atoms with Gasteiger partial charge in [-0.25, -0.2) is 4.79 Å². The first-order chi connectivity index (χ1) is 12.3. The smallest absolute Gasteiger partial charge is 0.385 e. The normalized spacial score (nSPS) is 29.6. The minimum atomic E-state index is -2.58. The molecule has 0 amide bonds. The average Bonchev–Trinajstić information content (AvgIpc) is 2.64. The lowest BCUT2D eigenvalue weighted by Crippen LogP contribution is -2.62. The van der Waals surface area contributed by atoms with Crippen molar-refractivity contribution in [2.45, 2.75) is 43.2 Å². The Balaban J connectivity index is 1.94. The molecule has 142 valence electrons. The molecule has 1 aliphatic heterocycles. The number of aliphatic hydroxyl groups is 4. The summed E-state index contributed by atoms with van der Waals surface area (Å²) in [4.78, 5) is 15.4. The number of carbonyl (C=O) groups excluding carboxylic acids is 1. The number of ether oxygens (including phenoxy) is 2. The first-order valence-electron chi connectivity index (χ1n) is 7.79. The number of terminal acetylenes is 1. The van der Waals surface area contributed by atoms with Crippen LogP contribution in [0.25, 0.3) is 0 Å². The molecule has 0 radical (unpaired) electrons. The molecule has 1 aromatic carbocycles. The fraction of sp³-hybridized carbons (Fsp3) is 0.471.